The number of ether oxygens (including phenoxy) is 2. The molecule has 0 saturated heterocycles. The Labute approximate surface area is 121 Å². The predicted molar refractivity (Wildman–Crippen MR) is 79.0 cm³/mol. The molecule has 0 heterocycles. The maximum absolute atomic E-state index is 10.8. The van der Waals surface area contributed by atoms with Crippen molar-refractivity contribution in [2.45, 2.75) is 26.4 Å². The number of methoxy groups -OCH3 is 1. The summed E-state index contributed by atoms with van der Waals surface area (Å²) in [6.07, 6.45) is 1.40. The van der Waals surface area contributed by atoms with Crippen molar-refractivity contribution in [1.29, 1.82) is 0 Å². The molecular formula is C14H23NO4S. The van der Waals surface area contributed by atoms with Crippen LogP contribution in [-0.2, 0) is 21.4 Å². The molecule has 1 atom stereocenters. The molecule has 1 rings (SSSR count). The number of hydrogen-bond acceptors (Lipinski definition) is 4. The van der Waals surface area contributed by atoms with Gasteiger partial charge in [0.2, 0.25) is 10.0 Å². The summed E-state index contributed by atoms with van der Waals surface area (Å²) >= 11 is 0. The second-order valence-corrected chi connectivity index (χ2v) is 6.68. The number of nitrogens with two attached hydrogens (primary N) is 1. The maximum Gasteiger partial charge on any atom is 0.209 e. The Morgan fingerprint density at radius 1 is 1.20 bits per heavy atom. The van der Waals surface area contributed by atoms with E-state index in [9.17, 15) is 8.42 Å². The van der Waals surface area contributed by atoms with Crippen molar-refractivity contribution in [1.82, 2.24) is 0 Å². The summed E-state index contributed by atoms with van der Waals surface area (Å²) in [7, 11) is -1.72. The lowest BCUT2D eigenvalue weighted by Gasteiger charge is -2.11. The van der Waals surface area contributed by atoms with Gasteiger partial charge in [-0.05, 0) is 36.5 Å². The third-order valence-electron chi connectivity index (χ3n) is 3.08. The van der Waals surface area contributed by atoms with E-state index in [4.69, 9.17) is 14.6 Å². The van der Waals surface area contributed by atoms with Gasteiger partial charge >= 0.3 is 0 Å². The van der Waals surface area contributed by atoms with Gasteiger partial charge in [0.1, 0.15) is 5.75 Å². The van der Waals surface area contributed by atoms with Crippen LogP contribution in [0.1, 0.15) is 25.3 Å². The molecule has 0 aliphatic heterocycles. The molecule has 114 valence electrons. The largest absolute Gasteiger partial charge is 0.497 e. The third-order valence-corrected chi connectivity index (χ3v) is 3.88. The molecule has 5 nitrogen and oxygen atoms in total. The topological polar surface area (TPSA) is 78.6 Å². The highest BCUT2D eigenvalue weighted by atomic mass is 32.2. The molecule has 0 saturated carbocycles. The molecule has 0 amide bonds. The number of primary sulfonamides is 1. The van der Waals surface area contributed by atoms with Crippen LogP contribution < -0.4 is 9.88 Å². The summed E-state index contributed by atoms with van der Waals surface area (Å²) in [6, 6.07) is 7.72. The lowest BCUT2D eigenvalue weighted by Crippen LogP contribution is -2.18. The average molecular weight is 301 g/mol. The van der Waals surface area contributed by atoms with E-state index in [1.165, 1.54) is 0 Å². The lowest BCUT2D eigenvalue weighted by molar-refractivity contribution is 0.108. The second-order valence-electron chi connectivity index (χ2n) is 4.95. The van der Waals surface area contributed by atoms with Crippen LogP contribution in [0.25, 0.3) is 0 Å². The molecule has 0 fully saturated rings. The molecule has 2 N–H and O–H groups in total. The predicted octanol–water partition coefficient (Wildman–Crippen LogP) is 1.92. The Kier molecular flexibility index (Phi) is 6.98. The quantitative estimate of drug-likeness (QED) is 0.707. The third kappa shape index (κ3) is 7.47. The van der Waals surface area contributed by atoms with E-state index in [1.807, 2.05) is 31.2 Å². The van der Waals surface area contributed by atoms with Crippen LogP contribution in [0.4, 0.5) is 0 Å². The highest BCUT2D eigenvalue weighted by Gasteiger charge is 2.08. The molecule has 6 heteroatoms. The SMILES string of the molecule is COc1ccc(COCCC(C)CCS(N)(=O)=O)cc1. The molecular weight excluding hydrogens is 278 g/mol. The molecule has 1 unspecified atom stereocenters. The van der Waals surface area contributed by atoms with Crippen molar-refractivity contribution in [3.05, 3.63) is 29.8 Å². The van der Waals surface area contributed by atoms with Gasteiger partial charge in [0.15, 0.2) is 0 Å². The van der Waals surface area contributed by atoms with E-state index >= 15 is 0 Å². The van der Waals surface area contributed by atoms with Crippen LogP contribution in [0, 0.1) is 5.92 Å². The van der Waals surface area contributed by atoms with Crippen molar-refractivity contribution in [3.8, 4) is 5.75 Å². The highest BCUT2D eigenvalue weighted by molar-refractivity contribution is 7.89. The van der Waals surface area contributed by atoms with Gasteiger partial charge in [-0.25, -0.2) is 13.6 Å². The zero-order chi connectivity index (χ0) is 15.0. The van der Waals surface area contributed by atoms with Gasteiger partial charge in [0.25, 0.3) is 0 Å². The number of hydrogen-bond donors (Lipinski definition) is 1. The molecule has 0 bridgehead atoms. The number of benzene rings is 1. The standard InChI is InChI=1S/C14H23NO4S/c1-12(8-10-20(15,16)17)7-9-19-11-13-3-5-14(18-2)6-4-13/h3-6,12H,7-11H2,1-2H3,(H2,15,16,17). The van der Waals surface area contributed by atoms with E-state index in [2.05, 4.69) is 0 Å². The van der Waals surface area contributed by atoms with Crippen LogP contribution in [0.2, 0.25) is 0 Å². The molecule has 0 aliphatic rings. The average Bonchev–Trinajstić information content (AvgIpc) is 2.41. The van der Waals surface area contributed by atoms with E-state index in [-0.39, 0.29) is 11.7 Å². The van der Waals surface area contributed by atoms with Gasteiger partial charge in [0.05, 0.1) is 19.5 Å². The van der Waals surface area contributed by atoms with E-state index in [0.29, 0.717) is 19.6 Å². The minimum Gasteiger partial charge on any atom is -0.497 e. The van der Waals surface area contributed by atoms with Gasteiger partial charge in [0, 0.05) is 6.61 Å². The monoisotopic (exact) mass is 301 g/mol. The lowest BCUT2D eigenvalue weighted by atomic mass is 10.1. The fourth-order valence-corrected chi connectivity index (χ4v) is 2.44. The summed E-state index contributed by atoms with van der Waals surface area (Å²) in [4.78, 5) is 0. The Morgan fingerprint density at radius 2 is 1.85 bits per heavy atom. The molecule has 0 aromatic heterocycles. The first kappa shape index (κ1) is 16.9. The van der Waals surface area contributed by atoms with Crippen molar-refractivity contribution in [2.75, 3.05) is 19.5 Å². The number of rotatable bonds is 9. The molecule has 1 aromatic rings. The fourth-order valence-electron chi connectivity index (χ4n) is 1.71. The van der Waals surface area contributed by atoms with Crippen LogP contribution in [0.5, 0.6) is 5.75 Å². The van der Waals surface area contributed by atoms with Gasteiger partial charge in [-0.3, -0.25) is 0 Å². The van der Waals surface area contributed by atoms with Crippen molar-refractivity contribution in [2.24, 2.45) is 11.1 Å². The Balaban J connectivity index is 2.17. The van der Waals surface area contributed by atoms with Gasteiger partial charge in [-0.2, -0.15) is 0 Å². The highest BCUT2D eigenvalue weighted by Crippen LogP contribution is 2.13. The zero-order valence-corrected chi connectivity index (χ0v) is 12.9. The number of sulfonamides is 1. The minimum atomic E-state index is -3.35. The molecule has 0 spiro atoms. The Hall–Kier alpha value is -1.11. The van der Waals surface area contributed by atoms with Crippen molar-refractivity contribution < 1.29 is 17.9 Å². The molecule has 0 radical (unpaired) electrons. The van der Waals surface area contributed by atoms with Gasteiger partial charge in [-0.1, -0.05) is 19.1 Å². The maximum atomic E-state index is 10.8. The summed E-state index contributed by atoms with van der Waals surface area (Å²) in [5, 5.41) is 4.97. The van der Waals surface area contributed by atoms with Crippen molar-refractivity contribution in [3.63, 3.8) is 0 Å². The van der Waals surface area contributed by atoms with Crippen LogP contribution in [0.3, 0.4) is 0 Å². The first-order valence-corrected chi connectivity index (χ1v) is 8.33. The molecule has 20 heavy (non-hydrogen) atoms. The fraction of sp³-hybridized carbons (Fsp3) is 0.571. The second kappa shape index (κ2) is 8.24. The summed E-state index contributed by atoms with van der Waals surface area (Å²) in [5.74, 6) is 1.14. The van der Waals surface area contributed by atoms with Crippen LogP contribution in [-0.4, -0.2) is 27.9 Å². The Bertz CT molecular complexity index is 484. The van der Waals surface area contributed by atoms with E-state index < -0.39 is 10.0 Å². The van der Waals surface area contributed by atoms with E-state index in [0.717, 1.165) is 17.7 Å². The summed E-state index contributed by atoms with van der Waals surface area (Å²) < 4.78 is 32.3. The normalized spacial score (nSPS) is 13.2. The summed E-state index contributed by atoms with van der Waals surface area (Å²) in [6.45, 7) is 3.16. The first-order chi connectivity index (χ1) is 9.40. The molecule has 0 aliphatic carbocycles. The van der Waals surface area contributed by atoms with Crippen LogP contribution in [0.15, 0.2) is 24.3 Å². The van der Waals surface area contributed by atoms with Crippen molar-refractivity contribution >= 4 is 10.0 Å². The smallest absolute Gasteiger partial charge is 0.209 e. The molecule has 1 aromatic carbocycles. The Morgan fingerprint density at radius 3 is 2.40 bits per heavy atom. The van der Waals surface area contributed by atoms with Crippen LogP contribution >= 0.6 is 0 Å². The minimum absolute atomic E-state index is 0.0344. The van der Waals surface area contributed by atoms with Gasteiger partial charge < -0.3 is 9.47 Å². The first-order valence-electron chi connectivity index (χ1n) is 6.62. The summed E-state index contributed by atoms with van der Waals surface area (Å²) in [5.41, 5.74) is 1.09. The van der Waals surface area contributed by atoms with Gasteiger partial charge in [-0.15, -0.1) is 0 Å². The van der Waals surface area contributed by atoms with E-state index in [1.54, 1.807) is 7.11 Å². The zero-order valence-electron chi connectivity index (χ0n) is 12.0.